The number of hydrogen-bond donors (Lipinski definition) is 1. The van der Waals surface area contributed by atoms with Gasteiger partial charge < -0.3 is 10.5 Å². The van der Waals surface area contributed by atoms with Crippen LogP contribution in [-0.4, -0.2) is 17.6 Å². The molecular formula is C14H12Cl2N2O2. The third-order valence-corrected chi connectivity index (χ3v) is 3.48. The standard InChI is InChI=1S/C14H12Cl2N2O2/c15-11-7-10(8-12(17)13(11)16)14(19)20-6-3-9-1-4-18-5-2-9/h1-2,4-5,7-8H,3,6,17H2. The molecular weight excluding hydrogens is 299 g/mol. The zero-order valence-electron chi connectivity index (χ0n) is 10.5. The number of halogens is 2. The molecule has 0 atom stereocenters. The molecule has 104 valence electrons. The molecule has 6 heteroatoms. The molecule has 0 bridgehead atoms. The van der Waals surface area contributed by atoms with Crippen LogP contribution in [0.1, 0.15) is 15.9 Å². The minimum atomic E-state index is -0.482. The summed E-state index contributed by atoms with van der Waals surface area (Å²) in [6.07, 6.45) is 4.00. The van der Waals surface area contributed by atoms with Gasteiger partial charge in [-0.3, -0.25) is 4.98 Å². The molecule has 2 N–H and O–H groups in total. The molecule has 4 nitrogen and oxygen atoms in total. The summed E-state index contributed by atoms with van der Waals surface area (Å²) in [4.78, 5) is 15.8. The van der Waals surface area contributed by atoms with Gasteiger partial charge in [0.1, 0.15) is 0 Å². The minimum absolute atomic E-state index is 0.229. The van der Waals surface area contributed by atoms with Gasteiger partial charge in [-0.15, -0.1) is 0 Å². The summed E-state index contributed by atoms with van der Waals surface area (Å²) in [5, 5.41) is 0.466. The number of nitrogen functional groups attached to an aromatic ring is 1. The molecule has 1 aromatic carbocycles. The molecule has 0 aliphatic rings. The Hall–Kier alpha value is -1.78. The van der Waals surface area contributed by atoms with Crippen molar-refractivity contribution in [2.75, 3.05) is 12.3 Å². The zero-order chi connectivity index (χ0) is 14.5. The van der Waals surface area contributed by atoms with Crippen molar-refractivity contribution in [3.8, 4) is 0 Å². The van der Waals surface area contributed by atoms with Crippen LogP contribution in [0.2, 0.25) is 10.0 Å². The highest BCUT2D eigenvalue weighted by molar-refractivity contribution is 6.43. The summed E-state index contributed by atoms with van der Waals surface area (Å²) in [7, 11) is 0. The molecule has 0 spiro atoms. The summed E-state index contributed by atoms with van der Waals surface area (Å²) < 4.78 is 5.17. The van der Waals surface area contributed by atoms with Gasteiger partial charge in [-0.1, -0.05) is 23.2 Å². The first-order valence-corrected chi connectivity index (χ1v) is 6.64. The van der Waals surface area contributed by atoms with Crippen LogP contribution < -0.4 is 5.73 Å². The molecule has 0 aliphatic carbocycles. The topological polar surface area (TPSA) is 65.2 Å². The Bertz CT molecular complexity index is 595. The molecule has 20 heavy (non-hydrogen) atoms. The third-order valence-electron chi connectivity index (χ3n) is 2.67. The van der Waals surface area contributed by atoms with Crippen molar-refractivity contribution in [1.29, 1.82) is 0 Å². The van der Waals surface area contributed by atoms with Crippen molar-refractivity contribution >= 4 is 34.9 Å². The van der Waals surface area contributed by atoms with E-state index in [1.54, 1.807) is 12.4 Å². The molecule has 0 radical (unpaired) electrons. The quantitative estimate of drug-likeness (QED) is 0.694. The Balaban J connectivity index is 1.95. The number of carbonyl (C=O) groups is 1. The number of nitrogens with two attached hydrogens (primary N) is 1. The second-order valence-corrected chi connectivity index (χ2v) is 4.89. The van der Waals surface area contributed by atoms with Gasteiger partial charge in [0.2, 0.25) is 0 Å². The monoisotopic (exact) mass is 310 g/mol. The maximum absolute atomic E-state index is 11.9. The maximum atomic E-state index is 11.9. The van der Waals surface area contributed by atoms with Gasteiger partial charge in [0.25, 0.3) is 0 Å². The summed E-state index contributed by atoms with van der Waals surface area (Å²) in [5.41, 5.74) is 7.23. The predicted octanol–water partition coefficient (Wildman–Crippen LogP) is 3.37. The van der Waals surface area contributed by atoms with Gasteiger partial charge in [-0.2, -0.15) is 0 Å². The van der Waals surface area contributed by atoms with Gasteiger partial charge >= 0.3 is 5.97 Å². The van der Waals surface area contributed by atoms with Crippen molar-refractivity contribution in [2.45, 2.75) is 6.42 Å². The Morgan fingerprint density at radius 3 is 2.60 bits per heavy atom. The Morgan fingerprint density at radius 2 is 1.95 bits per heavy atom. The second kappa shape index (κ2) is 6.59. The van der Waals surface area contributed by atoms with Crippen molar-refractivity contribution in [3.05, 3.63) is 57.8 Å². The smallest absolute Gasteiger partial charge is 0.338 e. The van der Waals surface area contributed by atoms with E-state index < -0.39 is 5.97 Å². The number of aromatic nitrogens is 1. The molecule has 1 heterocycles. The molecule has 2 aromatic rings. The molecule has 0 saturated heterocycles. The average molecular weight is 311 g/mol. The van der Waals surface area contributed by atoms with Crippen molar-refractivity contribution in [3.63, 3.8) is 0 Å². The summed E-state index contributed by atoms with van der Waals surface area (Å²) in [6.45, 7) is 0.267. The number of pyridine rings is 1. The van der Waals surface area contributed by atoms with Crippen molar-refractivity contribution < 1.29 is 9.53 Å². The third kappa shape index (κ3) is 3.62. The number of benzene rings is 1. The maximum Gasteiger partial charge on any atom is 0.338 e. The van der Waals surface area contributed by atoms with Gasteiger partial charge in [0, 0.05) is 18.8 Å². The van der Waals surface area contributed by atoms with E-state index in [1.807, 2.05) is 12.1 Å². The SMILES string of the molecule is Nc1cc(C(=O)OCCc2ccncc2)cc(Cl)c1Cl. The van der Waals surface area contributed by atoms with E-state index in [-0.39, 0.29) is 27.9 Å². The van der Waals surface area contributed by atoms with Crippen LogP contribution in [0, 0.1) is 0 Å². The van der Waals surface area contributed by atoms with E-state index in [9.17, 15) is 4.79 Å². The number of anilines is 1. The molecule has 0 aliphatic heterocycles. The first kappa shape index (κ1) is 14.6. The second-order valence-electron chi connectivity index (χ2n) is 4.10. The normalized spacial score (nSPS) is 10.3. The first-order chi connectivity index (χ1) is 9.58. The van der Waals surface area contributed by atoms with Crippen molar-refractivity contribution in [1.82, 2.24) is 4.98 Å². The van der Waals surface area contributed by atoms with E-state index >= 15 is 0 Å². The number of ether oxygens (including phenoxy) is 1. The predicted molar refractivity (Wildman–Crippen MR) is 79.1 cm³/mol. The number of esters is 1. The van der Waals surface area contributed by atoms with Crippen LogP contribution in [0.5, 0.6) is 0 Å². The number of nitrogens with zero attached hydrogens (tertiary/aromatic N) is 1. The Morgan fingerprint density at radius 1 is 1.25 bits per heavy atom. The summed E-state index contributed by atoms with van der Waals surface area (Å²) in [5.74, 6) is -0.482. The number of rotatable bonds is 4. The summed E-state index contributed by atoms with van der Waals surface area (Å²) in [6, 6.07) is 6.62. The lowest BCUT2D eigenvalue weighted by Gasteiger charge is -2.07. The highest BCUT2D eigenvalue weighted by Gasteiger charge is 2.12. The van der Waals surface area contributed by atoms with Crippen LogP contribution in [0.25, 0.3) is 0 Å². The fourth-order valence-electron chi connectivity index (χ4n) is 1.62. The van der Waals surface area contributed by atoms with E-state index in [4.69, 9.17) is 33.7 Å². The molecule has 0 amide bonds. The van der Waals surface area contributed by atoms with Gasteiger partial charge in [-0.25, -0.2) is 4.79 Å². The van der Waals surface area contributed by atoms with Gasteiger partial charge in [-0.05, 0) is 29.8 Å². The van der Waals surface area contributed by atoms with Crippen LogP contribution in [0.3, 0.4) is 0 Å². The van der Waals surface area contributed by atoms with Crippen molar-refractivity contribution in [2.24, 2.45) is 0 Å². The lowest BCUT2D eigenvalue weighted by Crippen LogP contribution is -2.09. The molecule has 0 unspecified atom stereocenters. The lowest BCUT2D eigenvalue weighted by atomic mass is 10.2. The molecule has 0 saturated carbocycles. The number of carbonyl (C=O) groups excluding carboxylic acids is 1. The highest BCUT2D eigenvalue weighted by Crippen LogP contribution is 2.29. The van der Waals surface area contributed by atoms with Crippen LogP contribution in [-0.2, 0) is 11.2 Å². The number of hydrogen-bond acceptors (Lipinski definition) is 4. The minimum Gasteiger partial charge on any atom is -0.462 e. The Kier molecular flexibility index (Phi) is 4.82. The average Bonchev–Trinajstić information content (AvgIpc) is 2.45. The van der Waals surface area contributed by atoms with Crippen LogP contribution >= 0.6 is 23.2 Å². The summed E-state index contributed by atoms with van der Waals surface area (Å²) >= 11 is 11.7. The first-order valence-electron chi connectivity index (χ1n) is 5.88. The fraction of sp³-hybridized carbons (Fsp3) is 0.143. The van der Waals surface area contributed by atoms with Crippen LogP contribution in [0.4, 0.5) is 5.69 Å². The van der Waals surface area contributed by atoms with E-state index in [0.29, 0.717) is 6.42 Å². The van der Waals surface area contributed by atoms with E-state index in [1.165, 1.54) is 12.1 Å². The highest BCUT2D eigenvalue weighted by atomic mass is 35.5. The Labute approximate surface area is 126 Å². The fourth-order valence-corrected chi connectivity index (χ4v) is 1.96. The largest absolute Gasteiger partial charge is 0.462 e. The molecule has 1 aromatic heterocycles. The van der Waals surface area contributed by atoms with Gasteiger partial charge in [0.05, 0.1) is 27.9 Å². The molecule has 0 fully saturated rings. The zero-order valence-corrected chi connectivity index (χ0v) is 12.0. The van der Waals surface area contributed by atoms with Crippen LogP contribution in [0.15, 0.2) is 36.7 Å². The van der Waals surface area contributed by atoms with Gasteiger partial charge in [0.15, 0.2) is 0 Å². The molecule has 2 rings (SSSR count). The van der Waals surface area contributed by atoms with E-state index in [2.05, 4.69) is 4.98 Å². The van der Waals surface area contributed by atoms with E-state index in [0.717, 1.165) is 5.56 Å². The lowest BCUT2D eigenvalue weighted by molar-refractivity contribution is 0.0509.